The van der Waals surface area contributed by atoms with Gasteiger partial charge < -0.3 is 20.1 Å². The van der Waals surface area contributed by atoms with Gasteiger partial charge in [0.2, 0.25) is 5.91 Å². The van der Waals surface area contributed by atoms with E-state index in [-0.39, 0.29) is 11.8 Å². The summed E-state index contributed by atoms with van der Waals surface area (Å²) < 4.78 is 13.1. The van der Waals surface area contributed by atoms with Crippen molar-refractivity contribution in [2.45, 2.75) is 25.8 Å². The van der Waals surface area contributed by atoms with Crippen LogP contribution in [0.1, 0.15) is 38.7 Å². The minimum Gasteiger partial charge on any atom is -0.486 e. The molecule has 0 saturated heterocycles. The number of amides is 2. The number of halogens is 1. The largest absolute Gasteiger partial charge is 0.486 e. The number of hydrogen-bond acceptors (Lipinski definition) is 5. The van der Waals surface area contributed by atoms with Gasteiger partial charge in [-0.2, -0.15) is 5.10 Å². The number of aryl methyl sites for hydroxylation is 3. The lowest BCUT2D eigenvalue weighted by Crippen LogP contribution is -2.50. The molecule has 3 heterocycles. The van der Waals surface area contributed by atoms with Crippen molar-refractivity contribution in [2.24, 2.45) is 7.05 Å². The molecule has 2 aliphatic heterocycles. The smallest absolute Gasteiger partial charge is 0.251 e. The molecular formula is C24H23ClN4O4. The van der Waals surface area contributed by atoms with Crippen LogP contribution < -0.4 is 20.1 Å². The highest BCUT2D eigenvalue weighted by atomic mass is 35.5. The summed E-state index contributed by atoms with van der Waals surface area (Å²) in [5.41, 5.74) is 3.73. The molecule has 2 aromatic carbocycles. The van der Waals surface area contributed by atoms with Crippen molar-refractivity contribution in [1.29, 1.82) is 0 Å². The lowest BCUT2D eigenvalue weighted by atomic mass is 9.81. The van der Waals surface area contributed by atoms with Gasteiger partial charge in [0.05, 0.1) is 10.7 Å². The van der Waals surface area contributed by atoms with Crippen LogP contribution in [0.2, 0.25) is 5.02 Å². The average molecular weight is 467 g/mol. The molecule has 2 aliphatic rings. The molecule has 170 valence electrons. The Morgan fingerprint density at radius 2 is 2.00 bits per heavy atom. The second-order valence-corrected chi connectivity index (χ2v) is 8.69. The lowest BCUT2D eigenvalue weighted by Gasteiger charge is -2.33. The molecule has 0 unspecified atom stereocenters. The summed E-state index contributed by atoms with van der Waals surface area (Å²) in [7, 11) is 1.77. The maximum atomic E-state index is 13.3. The zero-order valence-corrected chi connectivity index (χ0v) is 19.2. The summed E-state index contributed by atoms with van der Waals surface area (Å²) in [6.45, 7) is 4.61. The van der Waals surface area contributed by atoms with Gasteiger partial charge in [-0.1, -0.05) is 29.3 Å². The standard InChI is InChI=1S/C24H23ClN4O4/c1-12-5-4-6-14(9-12)23(30)26-20-19(18-13(2)28-29(3)22(18)27-24(20)31)15-10-16(25)21-17(11-15)32-7-8-33-21/h4-6,9-11,19-20H,7-8H2,1-3H3,(H,26,30)(H,27,31)/t19-,20+/m1/s1. The number of nitrogens with zero attached hydrogens (tertiary/aromatic N) is 2. The predicted molar refractivity (Wildman–Crippen MR) is 123 cm³/mol. The van der Waals surface area contributed by atoms with Gasteiger partial charge >= 0.3 is 0 Å². The SMILES string of the molecule is Cc1cccc(C(=O)N[C@@H]2C(=O)Nc3c(c(C)nn3C)[C@H]2c2cc(Cl)c3c(c2)OCCO3)c1. The van der Waals surface area contributed by atoms with Crippen LogP contribution in [0.4, 0.5) is 5.82 Å². The minimum absolute atomic E-state index is 0.331. The Labute approximate surface area is 195 Å². The van der Waals surface area contributed by atoms with Gasteiger partial charge in [-0.15, -0.1) is 0 Å². The number of benzene rings is 2. The normalized spacial score (nSPS) is 19.0. The van der Waals surface area contributed by atoms with E-state index >= 15 is 0 Å². The van der Waals surface area contributed by atoms with Crippen LogP contribution in [0.5, 0.6) is 11.5 Å². The summed E-state index contributed by atoms with van der Waals surface area (Å²) in [5, 5.41) is 10.7. The third-order valence-corrected chi connectivity index (χ3v) is 6.26. The van der Waals surface area contributed by atoms with E-state index in [1.807, 2.05) is 32.0 Å². The zero-order valence-electron chi connectivity index (χ0n) is 18.4. The maximum Gasteiger partial charge on any atom is 0.251 e. The highest BCUT2D eigenvalue weighted by Crippen LogP contribution is 2.45. The predicted octanol–water partition coefficient (Wildman–Crippen LogP) is 3.34. The molecule has 1 aromatic heterocycles. The Balaban J connectivity index is 1.62. The maximum absolute atomic E-state index is 13.3. The van der Waals surface area contributed by atoms with Gasteiger partial charge in [-0.25, -0.2) is 0 Å². The van der Waals surface area contributed by atoms with E-state index < -0.39 is 12.0 Å². The van der Waals surface area contributed by atoms with E-state index in [1.165, 1.54) is 0 Å². The number of fused-ring (bicyclic) bond motifs is 2. The Hall–Kier alpha value is -3.52. The summed E-state index contributed by atoms with van der Waals surface area (Å²) in [6.07, 6.45) is 0. The molecule has 0 fully saturated rings. The van der Waals surface area contributed by atoms with Crippen molar-refractivity contribution in [3.05, 3.63) is 69.4 Å². The molecule has 0 bridgehead atoms. The molecule has 33 heavy (non-hydrogen) atoms. The summed E-state index contributed by atoms with van der Waals surface area (Å²) >= 11 is 6.53. The third kappa shape index (κ3) is 3.70. The van der Waals surface area contributed by atoms with Crippen LogP contribution in [0.15, 0.2) is 36.4 Å². The Morgan fingerprint density at radius 3 is 2.79 bits per heavy atom. The van der Waals surface area contributed by atoms with Crippen LogP contribution >= 0.6 is 11.6 Å². The Bertz CT molecular complexity index is 1290. The molecule has 9 heteroatoms. The first-order chi connectivity index (χ1) is 15.8. The van der Waals surface area contributed by atoms with E-state index in [2.05, 4.69) is 15.7 Å². The van der Waals surface area contributed by atoms with Gasteiger partial charge in [-0.3, -0.25) is 14.3 Å². The number of nitrogens with one attached hydrogen (secondary N) is 2. The van der Waals surface area contributed by atoms with Crippen molar-refractivity contribution in [3.63, 3.8) is 0 Å². The minimum atomic E-state index is -0.882. The van der Waals surface area contributed by atoms with Crippen molar-refractivity contribution in [2.75, 3.05) is 18.5 Å². The number of anilines is 1. The monoisotopic (exact) mass is 466 g/mol. The molecule has 8 nitrogen and oxygen atoms in total. The lowest BCUT2D eigenvalue weighted by molar-refractivity contribution is -0.118. The van der Waals surface area contributed by atoms with Crippen LogP contribution in [0, 0.1) is 13.8 Å². The fraction of sp³-hybridized carbons (Fsp3) is 0.292. The molecule has 0 saturated carbocycles. The highest BCUT2D eigenvalue weighted by molar-refractivity contribution is 6.32. The van der Waals surface area contributed by atoms with Gasteiger partial charge in [-0.05, 0) is 43.7 Å². The third-order valence-electron chi connectivity index (χ3n) is 5.98. The number of rotatable bonds is 3. The summed E-state index contributed by atoms with van der Waals surface area (Å²) in [5.74, 6) is 0.399. The van der Waals surface area contributed by atoms with E-state index in [9.17, 15) is 9.59 Å². The highest BCUT2D eigenvalue weighted by Gasteiger charge is 2.42. The van der Waals surface area contributed by atoms with Crippen molar-refractivity contribution < 1.29 is 19.1 Å². The Kier molecular flexibility index (Phi) is 5.25. The van der Waals surface area contributed by atoms with Gasteiger partial charge in [0, 0.05) is 24.1 Å². The van der Waals surface area contributed by atoms with Crippen molar-refractivity contribution in [1.82, 2.24) is 15.1 Å². The fourth-order valence-corrected chi connectivity index (χ4v) is 4.81. The second-order valence-electron chi connectivity index (χ2n) is 8.29. The second kappa shape index (κ2) is 8.12. The molecule has 3 aromatic rings. The van der Waals surface area contributed by atoms with Gasteiger partial charge in [0.25, 0.3) is 5.91 Å². The number of ether oxygens (including phenoxy) is 2. The van der Waals surface area contributed by atoms with E-state index in [0.29, 0.717) is 41.1 Å². The van der Waals surface area contributed by atoms with Crippen molar-refractivity contribution in [3.8, 4) is 11.5 Å². The first-order valence-corrected chi connectivity index (χ1v) is 11.0. The molecule has 0 aliphatic carbocycles. The molecule has 2 N–H and O–H groups in total. The molecule has 2 amide bonds. The van der Waals surface area contributed by atoms with Crippen LogP contribution in [-0.4, -0.2) is 40.9 Å². The first kappa shape index (κ1) is 21.3. The van der Waals surface area contributed by atoms with E-state index in [0.717, 1.165) is 22.4 Å². The van der Waals surface area contributed by atoms with Crippen LogP contribution in [-0.2, 0) is 11.8 Å². The first-order valence-electron chi connectivity index (χ1n) is 10.6. The topological polar surface area (TPSA) is 94.5 Å². The van der Waals surface area contributed by atoms with E-state index in [1.54, 1.807) is 29.9 Å². The van der Waals surface area contributed by atoms with Crippen molar-refractivity contribution >= 4 is 29.2 Å². The summed E-state index contributed by atoms with van der Waals surface area (Å²) in [6, 6.07) is 9.94. The molecule has 5 rings (SSSR count). The summed E-state index contributed by atoms with van der Waals surface area (Å²) in [4.78, 5) is 26.4. The number of carbonyl (C=O) groups excluding carboxylic acids is 2. The number of carbonyl (C=O) groups is 2. The van der Waals surface area contributed by atoms with Gasteiger partial charge in [0.1, 0.15) is 25.1 Å². The van der Waals surface area contributed by atoms with Gasteiger partial charge in [0.15, 0.2) is 11.5 Å². The molecular weight excluding hydrogens is 444 g/mol. The number of hydrogen-bond donors (Lipinski definition) is 2. The number of aromatic nitrogens is 2. The Morgan fingerprint density at radius 1 is 1.21 bits per heavy atom. The zero-order chi connectivity index (χ0) is 23.3. The average Bonchev–Trinajstić information content (AvgIpc) is 3.07. The molecule has 2 atom stereocenters. The molecule has 0 spiro atoms. The van der Waals surface area contributed by atoms with E-state index in [4.69, 9.17) is 21.1 Å². The van der Waals surface area contributed by atoms with Crippen LogP contribution in [0.25, 0.3) is 0 Å². The molecule has 0 radical (unpaired) electrons. The fourth-order valence-electron chi connectivity index (χ4n) is 4.54. The quantitative estimate of drug-likeness (QED) is 0.617. The van der Waals surface area contributed by atoms with Crippen LogP contribution in [0.3, 0.4) is 0 Å².